The quantitative estimate of drug-likeness (QED) is 0.900. The predicted octanol–water partition coefficient (Wildman–Crippen LogP) is 3.32. The fraction of sp³-hybridized carbons (Fsp3) is 0.706. The van der Waals surface area contributed by atoms with E-state index in [-0.39, 0.29) is 5.41 Å². The van der Waals surface area contributed by atoms with Crippen molar-refractivity contribution >= 4 is 5.82 Å². The minimum atomic E-state index is 0.0624. The van der Waals surface area contributed by atoms with Crippen LogP contribution < -0.4 is 10.6 Å². The smallest absolute Gasteiger partial charge is 0.129 e. The summed E-state index contributed by atoms with van der Waals surface area (Å²) in [6.45, 7) is 14.1. The van der Waals surface area contributed by atoms with Gasteiger partial charge in [-0.05, 0) is 36.0 Å². The van der Waals surface area contributed by atoms with Crippen LogP contribution in [0, 0.1) is 11.8 Å². The van der Waals surface area contributed by atoms with Crippen molar-refractivity contribution in [3.63, 3.8) is 0 Å². The van der Waals surface area contributed by atoms with Gasteiger partial charge in [-0.25, -0.2) is 4.98 Å². The average Bonchev–Trinajstić information content (AvgIpc) is 2.36. The average molecular weight is 275 g/mol. The monoisotopic (exact) mass is 275 g/mol. The summed E-state index contributed by atoms with van der Waals surface area (Å²) in [5.74, 6) is 2.58. The van der Waals surface area contributed by atoms with E-state index in [1.54, 1.807) is 0 Å². The molecule has 20 heavy (non-hydrogen) atoms. The Bertz CT molecular complexity index is 452. The number of rotatable bonds is 2. The van der Waals surface area contributed by atoms with Gasteiger partial charge in [0.1, 0.15) is 5.82 Å². The van der Waals surface area contributed by atoms with E-state index >= 15 is 0 Å². The molecule has 1 aliphatic heterocycles. The molecule has 2 heterocycles. The maximum absolute atomic E-state index is 5.87. The maximum Gasteiger partial charge on any atom is 0.129 e. The molecule has 1 aromatic heterocycles. The van der Waals surface area contributed by atoms with E-state index in [1.165, 1.54) is 12.0 Å². The summed E-state index contributed by atoms with van der Waals surface area (Å²) >= 11 is 0. The van der Waals surface area contributed by atoms with E-state index in [0.29, 0.717) is 6.54 Å². The van der Waals surface area contributed by atoms with Crippen LogP contribution >= 0.6 is 0 Å². The molecule has 2 N–H and O–H groups in total. The molecule has 2 atom stereocenters. The third kappa shape index (κ3) is 3.51. The second-order valence-corrected chi connectivity index (χ2v) is 7.52. The minimum Gasteiger partial charge on any atom is -0.356 e. The van der Waals surface area contributed by atoms with Crippen LogP contribution in [0.1, 0.15) is 52.3 Å². The summed E-state index contributed by atoms with van der Waals surface area (Å²) < 4.78 is 0. The Hall–Kier alpha value is -1.09. The molecular formula is C17H29N3. The fourth-order valence-corrected chi connectivity index (χ4v) is 3.09. The van der Waals surface area contributed by atoms with Crippen molar-refractivity contribution in [3.8, 4) is 0 Å². The largest absolute Gasteiger partial charge is 0.356 e. The Labute approximate surface area is 123 Å². The zero-order valence-corrected chi connectivity index (χ0v) is 13.6. The number of nitrogens with zero attached hydrogens (tertiary/aromatic N) is 2. The molecular weight excluding hydrogens is 246 g/mol. The first-order valence-electron chi connectivity index (χ1n) is 7.76. The van der Waals surface area contributed by atoms with E-state index in [2.05, 4.69) is 51.7 Å². The van der Waals surface area contributed by atoms with Crippen molar-refractivity contribution in [2.24, 2.45) is 17.6 Å². The zero-order chi connectivity index (χ0) is 14.9. The van der Waals surface area contributed by atoms with Gasteiger partial charge < -0.3 is 10.6 Å². The van der Waals surface area contributed by atoms with Crippen molar-refractivity contribution in [1.29, 1.82) is 0 Å². The molecule has 2 unspecified atom stereocenters. The standard InChI is InChI=1S/C17H29N3/c1-12-6-13(2)11-20(10-12)16-8-14(9-18)7-15(19-16)17(3,4)5/h7-8,12-13H,6,9-11,18H2,1-5H3. The molecule has 0 spiro atoms. The van der Waals surface area contributed by atoms with E-state index in [4.69, 9.17) is 10.7 Å². The molecule has 1 aromatic rings. The van der Waals surface area contributed by atoms with Crippen LogP contribution in [0.4, 0.5) is 5.82 Å². The zero-order valence-electron chi connectivity index (χ0n) is 13.6. The Morgan fingerprint density at radius 3 is 2.30 bits per heavy atom. The van der Waals surface area contributed by atoms with Gasteiger partial charge >= 0.3 is 0 Å². The van der Waals surface area contributed by atoms with E-state index in [0.717, 1.165) is 36.4 Å². The highest BCUT2D eigenvalue weighted by molar-refractivity contribution is 5.44. The topological polar surface area (TPSA) is 42.1 Å². The number of hydrogen-bond donors (Lipinski definition) is 1. The Balaban J connectivity index is 2.35. The highest BCUT2D eigenvalue weighted by Gasteiger charge is 2.24. The van der Waals surface area contributed by atoms with Crippen molar-refractivity contribution in [2.45, 2.75) is 53.0 Å². The van der Waals surface area contributed by atoms with Crippen LogP contribution in [-0.4, -0.2) is 18.1 Å². The second kappa shape index (κ2) is 5.72. The van der Waals surface area contributed by atoms with Crippen molar-refractivity contribution in [3.05, 3.63) is 23.4 Å². The number of piperidine rings is 1. The van der Waals surface area contributed by atoms with E-state index in [1.807, 2.05) is 0 Å². The lowest BCUT2D eigenvalue weighted by atomic mass is 9.90. The van der Waals surface area contributed by atoms with Gasteiger partial charge in [0.05, 0.1) is 0 Å². The summed E-state index contributed by atoms with van der Waals surface area (Å²) in [6, 6.07) is 4.32. The number of anilines is 1. The lowest BCUT2D eigenvalue weighted by molar-refractivity contribution is 0.355. The lowest BCUT2D eigenvalue weighted by Gasteiger charge is -2.36. The normalized spacial score (nSPS) is 24.0. The summed E-state index contributed by atoms with van der Waals surface area (Å²) in [5, 5.41) is 0. The third-order valence-corrected chi connectivity index (χ3v) is 4.07. The summed E-state index contributed by atoms with van der Waals surface area (Å²) in [4.78, 5) is 7.35. The minimum absolute atomic E-state index is 0.0624. The molecule has 0 saturated carbocycles. The van der Waals surface area contributed by atoms with Gasteiger partial charge in [0.2, 0.25) is 0 Å². The molecule has 0 radical (unpaired) electrons. The fourth-order valence-electron chi connectivity index (χ4n) is 3.09. The molecule has 0 aliphatic carbocycles. The molecule has 2 rings (SSSR count). The lowest BCUT2D eigenvalue weighted by Crippen LogP contribution is -2.39. The molecule has 3 nitrogen and oxygen atoms in total. The van der Waals surface area contributed by atoms with E-state index < -0.39 is 0 Å². The van der Waals surface area contributed by atoms with Gasteiger partial charge in [-0.3, -0.25) is 0 Å². The first-order chi connectivity index (χ1) is 9.29. The first-order valence-corrected chi connectivity index (χ1v) is 7.76. The Morgan fingerprint density at radius 1 is 1.20 bits per heavy atom. The number of hydrogen-bond acceptors (Lipinski definition) is 3. The highest BCUT2D eigenvalue weighted by Crippen LogP contribution is 2.29. The molecule has 0 aromatic carbocycles. The predicted molar refractivity (Wildman–Crippen MR) is 86.0 cm³/mol. The van der Waals surface area contributed by atoms with Crippen LogP contribution in [0.25, 0.3) is 0 Å². The summed E-state index contributed by atoms with van der Waals surface area (Å²) in [7, 11) is 0. The maximum atomic E-state index is 5.87. The molecule has 3 heteroatoms. The van der Waals surface area contributed by atoms with Crippen molar-refractivity contribution in [2.75, 3.05) is 18.0 Å². The van der Waals surface area contributed by atoms with Gasteiger partial charge in [0, 0.05) is 30.7 Å². The summed E-state index contributed by atoms with van der Waals surface area (Å²) in [6.07, 6.45) is 1.32. The molecule has 1 saturated heterocycles. The van der Waals surface area contributed by atoms with Crippen LogP contribution in [0.15, 0.2) is 12.1 Å². The molecule has 0 amide bonds. The van der Waals surface area contributed by atoms with Gasteiger partial charge in [-0.15, -0.1) is 0 Å². The van der Waals surface area contributed by atoms with Crippen LogP contribution in [-0.2, 0) is 12.0 Å². The van der Waals surface area contributed by atoms with Gasteiger partial charge in [-0.2, -0.15) is 0 Å². The van der Waals surface area contributed by atoms with Crippen LogP contribution in [0.5, 0.6) is 0 Å². The molecule has 112 valence electrons. The number of pyridine rings is 1. The molecule has 1 fully saturated rings. The number of aromatic nitrogens is 1. The van der Waals surface area contributed by atoms with Crippen molar-refractivity contribution < 1.29 is 0 Å². The van der Waals surface area contributed by atoms with Crippen molar-refractivity contribution in [1.82, 2.24) is 4.98 Å². The summed E-state index contributed by atoms with van der Waals surface area (Å²) in [5.41, 5.74) is 8.26. The van der Waals surface area contributed by atoms with Crippen LogP contribution in [0.3, 0.4) is 0 Å². The highest BCUT2D eigenvalue weighted by atomic mass is 15.2. The second-order valence-electron chi connectivity index (χ2n) is 7.52. The number of nitrogens with two attached hydrogens (primary N) is 1. The van der Waals surface area contributed by atoms with Gasteiger partial charge in [0.15, 0.2) is 0 Å². The Kier molecular flexibility index (Phi) is 4.38. The molecule has 0 bridgehead atoms. The molecule has 1 aliphatic rings. The first kappa shape index (κ1) is 15.3. The third-order valence-electron chi connectivity index (χ3n) is 4.07. The van der Waals surface area contributed by atoms with Gasteiger partial charge in [0.25, 0.3) is 0 Å². The SMILES string of the molecule is CC1CC(C)CN(c2cc(CN)cc(C(C)(C)C)n2)C1. The van der Waals surface area contributed by atoms with E-state index in [9.17, 15) is 0 Å². The van der Waals surface area contributed by atoms with Gasteiger partial charge in [-0.1, -0.05) is 34.6 Å². The Morgan fingerprint density at radius 2 is 1.80 bits per heavy atom. The van der Waals surface area contributed by atoms with Crippen LogP contribution in [0.2, 0.25) is 0 Å².